The molecule has 0 atom stereocenters. The molecule has 0 spiro atoms. The zero-order valence-electron chi connectivity index (χ0n) is 20.1. The third-order valence-electron chi connectivity index (χ3n) is 7.99. The first-order valence-corrected chi connectivity index (χ1v) is 13.2. The molecule has 0 bridgehead atoms. The molecule has 1 aromatic rings. The molecule has 2 aliphatic rings. The molecule has 172 valence electrons. The average Bonchev–Trinajstić information content (AvgIpc) is 2.82. The molecule has 0 heterocycles. The smallest absolute Gasteiger partial charge is 0.0721 e. The lowest BCUT2D eigenvalue weighted by atomic mass is 9.74. The number of allylic oxidation sites excluding steroid dienone is 2. The highest BCUT2D eigenvalue weighted by Gasteiger charge is 2.25. The minimum Gasteiger partial charge on any atom is -0.373 e. The predicted molar refractivity (Wildman–Crippen MR) is 134 cm³/mol. The monoisotopic (exact) mass is 422 g/mol. The van der Waals surface area contributed by atoms with Crippen molar-refractivity contribution >= 4 is 0 Å². The Morgan fingerprint density at radius 1 is 0.839 bits per heavy atom. The summed E-state index contributed by atoms with van der Waals surface area (Å²) < 4.78 is 5.67. The van der Waals surface area contributed by atoms with Gasteiger partial charge in [0, 0.05) is 0 Å². The van der Waals surface area contributed by atoms with Gasteiger partial charge >= 0.3 is 0 Å². The summed E-state index contributed by atoms with van der Waals surface area (Å²) in [6.07, 6.45) is 24.8. The Bertz CT molecular complexity index is 627. The summed E-state index contributed by atoms with van der Waals surface area (Å²) in [7, 11) is 0. The number of unbranched alkanes of at least 4 members (excludes halogenated alkanes) is 1. The maximum atomic E-state index is 5.67. The van der Waals surface area contributed by atoms with Gasteiger partial charge in [-0.2, -0.15) is 0 Å². The highest BCUT2D eigenvalue weighted by molar-refractivity contribution is 5.25. The van der Waals surface area contributed by atoms with Crippen molar-refractivity contribution in [1.29, 1.82) is 0 Å². The lowest BCUT2D eigenvalue weighted by molar-refractivity contribution is 0.148. The van der Waals surface area contributed by atoms with E-state index in [0.29, 0.717) is 13.2 Å². The molecular weight excluding hydrogens is 376 g/mol. The fourth-order valence-electron chi connectivity index (χ4n) is 5.84. The Morgan fingerprint density at radius 3 is 2.00 bits per heavy atom. The normalized spacial score (nSPS) is 26.9. The summed E-state index contributed by atoms with van der Waals surface area (Å²) in [5.74, 6) is 3.80. The van der Waals surface area contributed by atoms with Crippen molar-refractivity contribution in [2.24, 2.45) is 17.8 Å². The molecule has 31 heavy (non-hydrogen) atoms. The van der Waals surface area contributed by atoms with E-state index in [9.17, 15) is 0 Å². The molecule has 1 nitrogen and oxygen atoms in total. The molecular formula is C30H46O. The number of benzene rings is 1. The van der Waals surface area contributed by atoms with Crippen molar-refractivity contribution in [2.45, 2.75) is 103 Å². The second-order valence-corrected chi connectivity index (χ2v) is 10.2. The van der Waals surface area contributed by atoms with Gasteiger partial charge in [0.05, 0.1) is 13.2 Å². The molecule has 0 amide bonds. The highest BCUT2D eigenvalue weighted by Crippen LogP contribution is 2.40. The molecule has 0 saturated heterocycles. The summed E-state index contributed by atoms with van der Waals surface area (Å²) >= 11 is 0. The van der Waals surface area contributed by atoms with Crippen molar-refractivity contribution in [3.05, 3.63) is 60.2 Å². The first kappa shape index (κ1) is 24.3. The second kappa shape index (κ2) is 13.9. The van der Waals surface area contributed by atoms with Gasteiger partial charge in [0.1, 0.15) is 0 Å². The van der Waals surface area contributed by atoms with Crippen LogP contribution in [-0.4, -0.2) is 6.61 Å². The van der Waals surface area contributed by atoms with Crippen molar-refractivity contribution in [3.8, 4) is 0 Å². The van der Waals surface area contributed by atoms with E-state index in [1.807, 2.05) is 13.0 Å². The lowest BCUT2D eigenvalue weighted by Crippen LogP contribution is -2.17. The molecule has 0 unspecified atom stereocenters. The van der Waals surface area contributed by atoms with Gasteiger partial charge in [0.15, 0.2) is 0 Å². The van der Waals surface area contributed by atoms with Gasteiger partial charge in [-0.05, 0) is 80.2 Å². The molecule has 3 rings (SSSR count). The van der Waals surface area contributed by atoms with Crippen LogP contribution in [0.2, 0.25) is 0 Å². The molecule has 2 fully saturated rings. The van der Waals surface area contributed by atoms with E-state index in [0.717, 1.165) is 23.7 Å². The molecule has 2 saturated carbocycles. The Balaban J connectivity index is 1.30. The van der Waals surface area contributed by atoms with Crippen LogP contribution in [0, 0.1) is 17.8 Å². The number of ether oxygens (including phenoxy) is 1. The standard InChI is InChI=1S/C30H46O/c1-3-5-7-8-25-9-11-26(12-10-25)13-14-27-15-19-29(20-16-27)30-21-17-28(18-22-30)24-31-23-6-4-2/h3-4,6,17-18,21-22,25-27,29H,1,5,7-16,19-20,23-24H2,2H3/b6-4+/t25-,26-,27-,29-. The van der Waals surface area contributed by atoms with Crippen LogP contribution in [0.5, 0.6) is 0 Å². The quantitative estimate of drug-likeness (QED) is 0.241. The topological polar surface area (TPSA) is 9.23 Å². The molecule has 1 heteroatoms. The summed E-state index contributed by atoms with van der Waals surface area (Å²) in [4.78, 5) is 0. The Hall–Kier alpha value is -1.34. The first-order valence-electron chi connectivity index (χ1n) is 13.2. The number of hydrogen-bond acceptors (Lipinski definition) is 1. The van der Waals surface area contributed by atoms with E-state index in [2.05, 4.69) is 43.0 Å². The summed E-state index contributed by atoms with van der Waals surface area (Å²) in [6.45, 7) is 7.31. The molecule has 0 N–H and O–H groups in total. The Kier molecular flexibility index (Phi) is 10.9. The van der Waals surface area contributed by atoms with E-state index in [1.165, 1.54) is 89.0 Å². The molecule has 1 aromatic carbocycles. The minimum absolute atomic E-state index is 0.708. The van der Waals surface area contributed by atoms with Crippen LogP contribution >= 0.6 is 0 Å². The number of rotatable bonds is 12. The van der Waals surface area contributed by atoms with Crippen LogP contribution < -0.4 is 0 Å². The van der Waals surface area contributed by atoms with Gasteiger partial charge in [-0.1, -0.05) is 87.4 Å². The van der Waals surface area contributed by atoms with E-state index in [-0.39, 0.29) is 0 Å². The van der Waals surface area contributed by atoms with Gasteiger partial charge < -0.3 is 4.74 Å². The molecule has 0 aromatic heterocycles. The van der Waals surface area contributed by atoms with Crippen LogP contribution in [0.15, 0.2) is 49.1 Å². The van der Waals surface area contributed by atoms with Crippen molar-refractivity contribution in [3.63, 3.8) is 0 Å². The number of hydrogen-bond donors (Lipinski definition) is 0. The van der Waals surface area contributed by atoms with Gasteiger partial charge in [-0.25, -0.2) is 0 Å². The van der Waals surface area contributed by atoms with Crippen molar-refractivity contribution in [1.82, 2.24) is 0 Å². The van der Waals surface area contributed by atoms with Crippen LogP contribution in [0.25, 0.3) is 0 Å². The van der Waals surface area contributed by atoms with Gasteiger partial charge in [0.25, 0.3) is 0 Å². The maximum Gasteiger partial charge on any atom is 0.0721 e. The summed E-state index contributed by atoms with van der Waals surface area (Å²) in [6, 6.07) is 9.25. The first-order chi connectivity index (χ1) is 15.3. The highest BCUT2D eigenvalue weighted by atomic mass is 16.5. The van der Waals surface area contributed by atoms with E-state index in [4.69, 9.17) is 4.74 Å². The lowest BCUT2D eigenvalue weighted by Gasteiger charge is -2.32. The predicted octanol–water partition coefficient (Wildman–Crippen LogP) is 9.00. The van der Waals surface area contributed by atoms with Gasteiger partial charge in [-0.3, -0.25) is 0 Å². The van der Waals surface area contributed by atoms with Crippen LogP contribution in [-0.2, 0) is 11.3 Å². The van der Waals surface area contributed by atoms with Gasteiger partial charge in [-0.15, -0.1) is 6.58 Å². The van der Waals surface area contributed by atoms with Crippen LogP contribution in [0.1, 0.15) is 107 Å². The third-order valence-corrected chi connectivity index (χ3v) is 7.99. The maximum absolute atomic E-state index is 5.67. The molecule has 2 aliphatic carbocycles. The largest absolute Gasteiger partial charge is 0.373 e. The van der Waals surface area contributed by atoms with Gasteiger partial charge in [0.2, 0.25) is 0 Å². The fourth-order valence-corrected chi connectivity index (χ4v) is 5.84. The minimum atomic E-state index is 0.708. The molecule has 0 aliphatic heterocycles. The SMILES string of the molecule is C=CCCC[C@H]1CC[C@H](CC[C@H]2CC[C@H](c3ccc(COC/C=C/C)cc3)CC2)CC1. The zero-order chi connectivity index (χ0) is 21.7. The molecule has 0 radical (unpaired) electrons. The Morgan fingerprint density at radius 2 is 1.42 bits per heavy atom. The van der Waals surface area contributed by atoms with Crippen LogP contribution in [0.4, 0.5) is 0 Å². The van der Waals surface area contributed by atoms with E-state index >= 15 is 0 Å². The third kappa shape index (κ3) is 8.60. The van der Waals surface area contributed by atoms with Crippen LogP contribution in [0.3, 0.4) is 0 Å². The Labute approximate surface area is 192 Å². The average molecular weight is 423 g/mol. The summed E-state index contributed by atoms with van der Waals surface area (Å²) in [5, 5.41) is 0. The summed E-state index contributed by atoms with van der Waals surface area (Å²) in [5.41, 5.74) is 2.84. The van der Waals surface area contributed by atoms with Crippen molar-refractivity contribution < 1.29 is 4.74 Å². The second-order valence-electron chi connectivity index (χ2n) is 10.2. The zero-order valence-corrected chi connectivity index (χ0v) is 20.1. The van der Waals surface area contributed by atoms with E-state index in [1.54, 1.807) is 5.56 Å². The van der Waals surface area contributed by atoms with E-state index < -0.39 is 0 Å². The fraction of sp³-hybridized carbons (Fsp3) is 0.667. The van der Waals surface area contributed by atoms with Crippen molar-refractivity contribution in [2.75, 3.05) is 6.61 Å².